The van der Waals surface area contributed by atoms with Gasteiger partial charge in [-0.1, -0.05) is 38.1 Å². The number of benzene rings is 1. The molecule has 4 aromatic rings. The van der Waals surface area contributed by atoms with Crippen molar-refractivity contribution in [3.63, 3.8) is 0 Å². The highest BCUT2D eigenvalue weighted by molar-refractivity contribution is 6.01. The Morgan fingerprint density at radius 2 is 2.00 bits per heavy atom. The van der Waals surface area contributed by atoms with Gasteiger partial charge in [-0.25, -0.2) is 4.98 Å². The number of furan rings is 1. The molecule has 7 heteroatoms. The van der Waals surface area contributed by atoms with Crippen molar-refractivity contribution in [2.45, 2.75) is 32.7 Å². The molecule has 1 aromatic carbocycles. The lowest BCUT2D eigenvalue weighted by atomic mass is 9.96. The summed E-state index contributed by atoms with van der Waals surface area (Å²) >= 11 is 0. The lowest BCUT2D eigenvalue weighted by Crippen LogP contribution is -2.21. The van der Waals surface area contributed by atoms with Gasteiger partial charge in [0.2, 0.25) is 11.5 Å². The van der Waals surface area contributed by atoms with E-state index in [4.69, 9.17) is 8.94 Å². The van der Waals surface area contributed by atoms with Crippen LogP contribution in [0.15, 0.2) is 44.3 Å². The van der Waals surface area contributed by atoms with E-state index in [1.165, 1.54) is 10.9 Å². The Bertz CT molecular complexity index is 1100. The third-order valence-electron chi connectivity index (χ3n) is 3.80. The van der Waals surface area contributed by atoms with Gasteiger partial charge in [-0.3, -0.25) is 9.36 Å². The summed E-state index contributed by atoms with van der Waals surface area (Å²) in [6, 6.07) is 7.44. The Morgan fingerprint density at radius 1 is 1.21 bits per heavy atom. The van der Waals surface area contributed by atoms with Crippen molar-refractivity contribution in [3.05, 3.63) is 52.7 Å². The Hall–Kier alpha value is -2.96. The fourth-order valence-electron chi connectivity index (χ4n) is 2.50. The van der Waals surface area contributed by atoms with Gasteiger partial charge in [0.05, 0.1) is 6.33 Å². The molecule has 0 bridgehead atoms. The van der Waals surface area contributed by atoms with E-state index in [0.29, 0.717) is 22.8 Å². The Balaban J connectivity index is 1.77. The average Bonchev–Trinajstić information content (AvgIpc) is 3.15. The molecule has 0 saturated heterocycles. The predicted octanol–water partition coefficient (Wildman–Crippen LogP) is 2.87. The van der Waals surface area contributed by atoms with Crippen LogP contribution in [-0.4, -0.2) is 19.7 Å². The zero-order valence-electron chi connectivity index (χ0n) is 13.6. The molecule has 4 rings (SSSR count). The fraction of sp³-hybridized carbons (Fsp3) is 0.294. The van der Waals surface area contributed by atoms with Crippen molar-refractivity contribution in [2.75, 3.05) is 0 Å². The third-order valence-corrected chi connectivity index (χ3v) is 3.80. The highest BCUT2D eigenvalue weighted by atomic mass is 16.5. The summed E-state index contributed by atoms with van der Waals surface area (Å²) in [4.78, 5) is 21.4. The van der Waals surface area contributed by atoms with E-state index in [-0.39, 0.29) is 23.1 Å². The first kappa shape index (κ1) is 14.6. The van der Waals surface area contributed by atoms with Gasteiger partial charge in [-0.15, -0.1) is 0 Å². The minimum absolute atomic E-state index is 0.155. The number of nitrogens with zero attached hydrogens (tertiary/aromatic N) is 4. The molecule has 0 aliphatic heterocycles. The van der Waals surface area contributed by atoms with Crippen LogP contribution in [0, 0.1) is 0 Å². The molecule has 0 spiro atoms. The second-order valence-corrected chi connectivity index (χ2v) is 6.72. The smallest absolute Gasteiger partial charge is 0.297 e. The van der Waals surface area contributed by atoms with Crippen LogP contribution in [-0.2, 0) is 12.0 Å². The fourth-order valence-corrected chi connectivity index (χ4v) is 2.50. The van der Waals surface area contributed by atoms with Gasteiger partial charge >= 0.3 is 0 Å². The van der Waals surface area contributed by atoms with E-state index in [2.05, 4.69) is 15.1 Å². The maximum absolute atomic E-state index is 12.6. The van der Waals surface area contributed by atoms with Crippen LogP contribution < -0.4 is 5.56 Å². The van der Waals surface area contributed by atoms with Crippen LogP contribution in [0.2, 0.25) is 0 Å². The summed E-state index contributed by atoms with van der Waals surface area (Å²) in [6.45, 7) is 6.14. The number of fused-ring (bicyclic) bond motifs is 3. The first-order chi connectivity index (χ1) is 11.4. The first-order valence-corrected chi connectivity index (χ1v) is 7.63. The normalized spacial score (nSPS) is 12.3. The highest BCUT2D eigenvalue weighted by Gasteiger charge is 2.21. The Labute approximate surface area is 136 Å². The Morgan fingerprint density at radius 3 is 2.75 bits per heavy atom. The number of para-hydroxylation sites is 1. The molecule has 0 radical (unpaired) electrons. The maximum Gasteiger partial charge on any atom is 0.297 e. The average molecular weight is 324 g/mol. The van der Waals surface area contributed by atoms with E-state index in [1.807, 2.05) is 45.0 Å². The van der Waals surface area contributed by atoms with Crippen molar-refractivity contribution in [1.29, 1.82) is 0 Å². The Kier molecular flexibility index (Phi) is 3.06. The van der Waals surface area contributed by atoms with E-state index >= 15 is 0 Å². The maximum atomic E-state index is 12.6. The van der Waals surface area contributed by atoms with Crippen molar-refractivity contribution in [3.8, 4) is 0 Å². The summed E-state index contributed by atoms with van der Waals surface area (Å²) < 4.78 is 12.3. The summed E-state index contributed by atoms with van der Waals surface area (Å²) in [5.74, 6) is 0.961. The monoisotopic (exact) mass is 324 g/mol. The molecule has 0 N–H and O–H groups in total. The van der Waals surface area contributed by atoms with Gasteiger partial charge in [0.15, 0.2) is 5.82 Å². The van der Waals surface area contributed by atoms with Crippen molar-refractivity contribution < 1.29 is 8.94 Å². The third kappa shape index (κ3) is 2.29. The molecule has 3 heterocycles. The van der Waals surface area contributed by atoms with Crippen LogP contribution >= 0.6 is 0 Å². The van der Waals surface area contributed by atoms with Crippen LogP contribution in [0.3, 0.4) is 0 Å². The van der Waals surface area contributed by atoms with E-state index in [1.54, 1.807) is 0 Å². The zero-order valence-corrected chi connectivity index (χ0v) is 13.6. The number of hydrogen-bond donors (Lipinski definition) is 0. The molecule has 3 aromatic heterocycles. The summed E-state index contributed by atoms with van der Waals surface area (Å²) in [6.07, 6.45) is 1.48. The van der Waals surface area contributed by atoms with Crippen molar-refractivity contribution in [1.82, 2.24) is 19.7 Å². The van der Waals surface area contributed by atoms with Crippen LogP contribution in [0.25, 0.3) is 22.1 Å². The standard InChI is InChI=1S/C17H16N4O3/c1-17(2,3)16-19-12(24-20-16)8-21-9-18-13-10-6-4-5-7-11(10)23-14(13)15(21)22/h4-7,9H,8H2,1-3H3. The van der Waals surface area contributed by atoms with Gasteiger partial charge in [0, 0.05) is 10.8 Å². The van der Waals surface area contributed by atoms with E-state index < -0.39 is 0 Å². The first-order valence-electron chi connectivity index (χ1n) is 7.63. The molecule has 0 unspecified atom stereocenters. The molecule has 0 aliphatic carbocycles. The largest absolute Gasteiger partial charge is 0.448 e. The van der Waals surface area contributed by atoms with E-state index in [0.717, 1.165) is 5.39 Å². The molecule has 7 nitrogen and oxygen atoms in total. The number of hydrogen-bond acceptors (Lipinski definition) is 6. The predicted molar refractivity (Wildman–Crippen MR) is 87.9 cm³/mol. The summed E-state index contributed by atoms with van der Waals surface area (Å²) in [5, 5.41) is 4.79. The van der Waals surface area contributed by atoms with Crippen molar-refractivity contribution >= 4 is 22.1 Å². The molecule has 0 saturated carbocycles. The van der Waals surface area contributed by atoms with Crippen LogP contribution in [0.4, 0.5) is 0 Å². The lowest BCUT2D eigenvalue weighted by molar-refractivity contribution is 0.355. The zero-order chi connectivity index (χ0) is 16.9. The molecule has 0 amide bonds. The second-order valence-electron chi connectivity index (χ2n) is 6.72. The molecule has 24 heavy (non-hydrogen) atoms. The van der Waals surface area contributed by atoms with Gasteiger partial charge in [-0.05, 0) is 12.1 Å². The molecule has 122 valence electrons. The van der Waals surface area contributed by atoms with Gasteiger partial charge in [-0.2, -0.15) is 4.98 Å². The van der Waals surface area contributed by atoms with Crippen LogP contribution in [0.1, 0.15) is 32.5 Å². The minimum Gasteiger partial charge on any atom is -0.448 e. The van der Waals surface area contributed by atoms with E-state index in [9.17, 15) is 4.79 Å². The minimum atomic E-state index is -0.272. The highest BCUT2D eigenvalue weighted by Crippen LogP contribution is 2.24. The molecule has 0 fully saturated rings. The molecular formula is C17H16N4O3. The quantitative estimate of drug-likeness (QED) is 0.563. The summed E-state index contributed by atoms with van der Waals surface area (Å²) in [5.41, 5.74) is 0.949. The number of rotatable bonds is 2. The molecular weight excluding hydrogens is 308 g/mol. The number of aromatic nitrogens is 4. The van der Waals surface area contributed by atoms with Crippen LogP contribution in [0.5, 0.6) is 0 Å². The second kappa shape index (κ2) is 5.02. The van der Waals surface area contributed by atoms with Gasteiger partial charge < -0.3 is 8.94 Å². The van der Waals surface area contributed by atoms with Gasteiger partial charge in [0.25, 0.3) is 5.56 Å². The topological polar surface area (TPSA) is 87.0 Å². The summed E-state index contributed by atoms with van der Waals surface area (Å²) in [7, 11) is 0. The lowest BCUT2D eigenvalue weighted by Gasteiger charge is -2.10. The SMILES string of the molecule is CC(C)(C)c1noc(Cn2cnc3c(oc4ccccc43)c2=O)n1. The molecule has 0 atom stereocenters. The van der Waals surface area contributed by atoms with Gasteiger partial charge in [0.1, 0.15) is 17.6 Å². The molecule has 0 aliphatic rings. The van der Waals surface area contributed by atoms with Crippen molar-refractivity contribution in [2.24, 2.45) is 0 Å².